The second-order valence-electron chi connectivity index (χ2n) is 9.71. The van der Waals surface area contributed by atoms with E-state index in [1.165, 1.54) is 38.8 Å². The van der Waals surface area contributed by atoms with E-state index in [2.05, 4.69) is 15.1 Å². The van der Waals surface area contributed by atoms with E-state index in [9.17, 15) is 5.11 Å². The summed E-state index contributed by atoms with van der Waals surface area (Å²) in [5, 5.41) is 16.2. The highest BCUT2D eigenvalue weighted by atomic mass is 35.5. The Labute approximate surface area is 204 Å². The monoisotopic (exact) mass is 479 g/mol. The highest BCUT2D eigenvalue weighted by molar-refractivity contribution is 6.36. The number of aromatic hydroxyl groups is 1. The zero-order valence-electron chi connectivity index (χ0n) is 19.5. The number of halogens is 1. The van der Waals surface area contributed by atoms with Crippen LogP contribution in [0.25, 0.3) is 10.8 Å². The number of benzene rings is 2. The van der Waals surface area contributed by atoms with Crippen molar-refractivity contribution in [1.82, 2.24) is 14.9 Å². The second-order valence-corrected chi connectivity index (χ2v) is 10.1. The largest absolute Gasteiger partial charge is 0.508 e. The van der Waals surface area contributed by atoms with Crippen molar-refractivity contribution in [1.29, 1.82) is 0 Å². The molecule has 0 aliphatic carbocycles. The molecule has 2 saturated heterocycles. The molecule has 0 saturated carbocycles. The van der Waals surface area contributed by atoms with Crippen LogP contribution >= 0.6 is 11.6 Å². The van der Waals surface area contributed by atoms with Gasteiger partial charge in [-0.15, -0.1) is 0 Å². The maximum absolute atomic E-state index is 10.4. The molecule has 2 fully saturated rings. The number of anilines is 2. The van der Waals surface area contributed by atoms with Crippen LogP contribution in [0.15, 0.2) is 30.3 Å². The first kappa shape index (κ1) is 21.7. The number of hydrogen-bond donors (Lipinski definition) is 2. The van der Waals surface area contributed by atoms with Crippen LogP contribution in [0.5, 0.6) is 11.8 Å². The molecule has 0 atom stereocenters. The summed E-state index contributed by atoms with van der Waals surface area (Å²) in [6, 6.07) is 9.77. The molecule has 0 unspecified atom stereocenters. The van der Waals surface area contributed by atoms with Gasteiger partial charge in [0.25, 0.3) is 0 Å². The molecule has 0 spiro atoms. The van der Waals surface area contributed by atoms with Gasteiger partial charge in [-0.2, -0.15) is 9.97 Å². The fraction of sp³-hybridized carbons (Fsp3) is 0.462. The van der Waals surface area contributed by atoms with Gasteiger partial charge in [-0.3, -0.25) is 4.90 Å². The third-order valence-electron chi connectivity index (χ3n) is 7.79. The number of hydrogen-bond acceptors (Lipinski definition) is 7. The van der Waals surface area contributed by atoms with Crippen molar-refractivity contribution in [3.05, 3.63) is 46.6 Å². The number of fused-ring (bicyclic) bond motifs is 3. The van der Waals surface area contributed by atoms with Crippen LogP contribution in [0, 0.1) is 0 Å². The predicted octanol–water partition coefficient (Wildman–Crippen LogP) is 4.60. The summed E-state index contributed by atoms with van der Waals surface area (Å²) < 4.78 is 6.27. The quantitative estimate of drug-likeness (QED) is 0.554. The average Bonchev–Trinajstić information content (AvgIpc) is 3.42. The van der Waals surface area contributed by atoms with E-state index in [1.54, 1.807) is 12.1 Å². The molecule has 8 heteroatoms. The van der Waals surface area contributed by atoms with Gasteiger partial charge >= 0.3 is 6.01 Å². The molecule has 34 heavy (non-hydrogen) atoms. The van der Waals surface area contributed by atoms with Gasteiger partial charge in [0.1, 0.15) is 18.2 Å². The van der Waals surface area contributed by atoms with Crippen LogP contribution in [0.2, 0.25) is 5.02 Å². The van der Waals surface area contributed by atoms with Gasteiger partial charge in [-0.25, -0.2) is 0 Å². The molecule has 2 aromatic carbocycles. The Morgan fingerprint density at radius 2 is 1.97 bits per heavy atom. The maximum Gasteiger partial charge on any atom is 0.318 e. The van der Waals surface area contributed by atoms with Crippen LogP contribution in [0.3, 0.4) is 0 Å². The van der Waals surface area contributed by atoms with E-state index in [0.717, 1.165) is 46.5 Å². The van der Waals surface area contributed by atoms with Gasteiger partial charge in [0.2, 0.25) is 0 Å². The smallest absolute Gasteiger partial charge is 0.318 e. The average molecular weight is 480 g/mol. The van der Waals surface area contributed by atoms with Crippen LogP contribution < -0.4 is 15.0 Å². The Hall–Kier alpha value is -2.77. The van der Waals surface area contributed by atoms with Gasteiger partial charge in [0.05, 0.1) is 28.5 Å². The lowest BCUT2D eigenvalue weighted by molar-refractivity contribution is 0.107. The van der Waals surface area contributed by atoms with E-state index < -0.39 is 0 Å². The fourth-order valence-electron chi connectivity index (χ4n) is 6.14. The van der Waals surface area contributed by atoms with Crippen molar-refractivity contribution in [3.8, 4) is 11.8 Å². The summed E-state index contributed by atoms with van der Waals surface area (Å²) >= 11 is 6.59. The molecular weight excluding hydrogens is 450 g/mol. The van der Waals surface area contributed by atoms with Crippen molar-refractivity contribution >= 4 is 33.9 Å². The standard InChI is InChI=1S/C26H30ClN5O2/c1-28-24-19-7-12-31(22-14-18(33)13-17-5-2-6-20(27)23(17)22)15-21(19)29-25(30-24)34-16-26-8-3-10-32(26)11-4-9-26/h2,5-6,13-14,33H,3-4,7-12,15-16H2,1H3,(H,28,29,30). The highest BCUT2D eigenvalue weighted by Gasteiger charge is 2.45. The molecule has 4 heterocycles. The van der Waals surface area contributed by atoms with Crippen molar-refractivity contribution in [2.45, 2.75) is 44.2 Å². The molecule has 6 rings (SSSR count). The predicted molar refractivity (Wildman–Crippen MR) is 135 cm³/mol. The summed E-state index contributed by atoms with van der Waals surface area (Å²) in [6.07, 6.45) is 5.66. The zero-order valence-corrected chi connectivity index (χ0v) is 20.2. The topological polar surface area (TPSA) is 73.8 Å². The van der Waals surface area contributed by atoms with E-state index in [0.29, 0.717) is 24.2 Å². The van der Waals surface area contributed by atoms with E-state index in [1.807, 2.05) is 25.2 Å². The van der Waals surface area contributed by atoms with Gasteiger partial charge in [-0.1, -0.05) is 23.7 Å². The van der Waals surface area contributed by atoms with E-state index in [-0.39, 0.29) is 11.3 Å². The third-order valence-corrected chi connectivity index (χ3v) is 8.11. The van der Waals surface area contributed by atoms with Gasteiger partial charge in [-0.05, 0) is 62.7 Å². The van der Waals surface area contributed by atoms with Crippen LogP contribution in [-0.2, 0) is 13.0 Å². The Balaban J connectivity index is 1.31. The molecule has 178 valence electrons. The number of rotatable bonds is 5. The Morgan fingerprint density at radius 3 is 2.76 bits per heavy atom. The molecule has 3 aromatic rings. The van der Waals surface area contributed by atoms with Crippen LogP contribution in [-0.4, -0.2) is 58.8 Å². The molecule has 7 nitrogen and oxygen atoms in total. The van der Waals surface area contributed by atoms with Crippen LogP contribution in [0.1, 0.15) is 36.9 Å². The number of phenols is 1. The molecule has 0 amide bonds. The van der Waals surface area contributed by atoms with Crippen molar-refractivity contribution in [2.24, 2.45) is 0 Å². The Bertz CT molecular complexity index is 1240. The lowest BCUT2D eigenvalue weighted by atomic mass is 9.95. The number of nitrogens with one attached hydrogen (secondary N) is 1. The third kappa shape index (κ3) is 3.62. The number of ether oxygens (including phenoxy) is 1. The molecule has 1 aromatic heterocycles. The summed E-state index contributed by atoms with van der Waals surface area (Å²) in [7, 11) is 1.90. The van der Waals surface area contributed by atoms with Gasteiger partial charge < -0.3 is 20.1 Å². The fourth-order valence-corrected chi connectivity index (χ4v) is 6.42. The van der Waals surface area contributed by atoms with Crippen molar-refractivity contribution in [3.63, 3.8) is 0 Å². The maximum atomic E-state index is 10.4. The molecule has 3 aliphatic heterocycles. The minimum absolute atomic E-state index is 0.155. The Kier molecular flexibility index (Phi) is 5.41. The first-order valence-corrected chi connectivity index (χ1v) is 12.6. The molecule has 3 aliphatic rings. The summed E-state index contributed by atoms with van der Waals surface area (Å²) in [5.74, 6) is 1.07. The SMILES string of the molecule is CNc1nc(OCC23CCCN2CCC3)nc2c1CCN(c1cc(O)cc3cccc(Cl)c13)C2. The number of aromatic nitrogens is 2. The highest BCUT2D eigenvalue weighted by Crippen LogP contribution is 2.40. The Morgan fingerprint density at radius 1 is 1.15 bits per heavy atom. The lowest BCUT2D eigenvalue weighted by Crippen LogP contribution is -2.43. The van der Waals surface area contributed by atoms with Crippen molar-refractivity contribution < 1.29 is 9.84 Å². The molecule has 0 radical (unpaired) electrons. The van der Waals surface area contributed by atoms with Crippen LogP contribution in [0.4, 0.5) is 11.5 Å². The normalized spacial score (nSPS) is 19.3. The van der Waals surface area contributed by atoms with E-state index in [4.69, 9.17) is 26.3 Å². The summed E-state index contributed by atoms with van der Waals surface area (Å²) in [6.45, 7) is 4.37. The lowest BCUT2D eigenvalue weighted by Gasteiger charge is -2.33. The summed E-state index contributed by atoms with van der Waals surface area (Å²) in [4.78, 5) is 14.4. The van der Waals surface area contributed by atoms with Gasteiger partial charge in [0, 0.05) is 30.6 Å². The first-order valence-electron chi connectivity index (χ1n) is 12.2. The minimum atomic E-state index is 0.155. The molecular formula is C26H30ClN5O2. The first-order chi connectivity index (χ1) is 16.6. The minimum Gasteiger partial charge on any atom is -0.508 e. The molecule has 2 N–H and O–H groups in total. The second kappa shape index (κ2) is 8.47. The van der Waals surface area contributed by atoms with E-state index >= 15 is 0 Å². The van der Waals surface area contributed by atoms with Crippen molar-refractivity contribution in [2.75, 3.05) is 43.5 Å². The number of nitrogens with zero attached hydrogens (tertiary/aromatic N) is 4. The summed E-state index contributed by atoms with van der Waals surface area (Å²) in [5.41, 5.74) is 3.16. The molecule has 0 bridgehead atoms. The van der Waals surface area contributed by atoms with Gasteiger partial charge in [0.15, 0.2) is 0 Å². The number of phenolic OH excluding ortho intramolecular Hbond substituents is 1. The zero-order chi connectivity index (χ0) is 23.3.